The van der Waals surface area contributed by atoms with Crippen molar-refractivity contribution in [3.63, 3.8) is 0 Å². The van der Waals surface area contributed by atoms with E-state index in [-0.39, 0.29) is 42.1 Å². The second kappa shape index (κ2) is 10.2. The fourth-order valence-corrected chi connectivity index (χ4v) is 3.63. The molecule has 0 amide bonds. The van der Waals surface area contributed by atoms with Crippen molar-refractivity contribution in [2.75, 3.05) is 19.7 Å². The first-order valence-corrected chi connectivity index (χ1v) is 9.28. The molecule has 23 heavy (non-hydrogen) atoms. The maximum atomic E-state index is 12.3. The summed E-state index contributed by atoms with van der Waals surface area (Å²) in [6.45, 7) is 6.77. The van der Waals surface area contributed by atoms with Gasteiger partial charge in [-0.25, -0.2) is 17.9 Å². The first-order chi connectivity index (χ1) is 10.3. The molecule has 0 aromatic heterocycles. The molecule has 1 aromatic rings. The van der Waals surface area contributed by atoms with E-state index in [1.807, 2.05) is 13.8 Å². The van der Waals surface area contributed by atoms with Crippen LogP contribution in [0.1, 0.15) is 31.1 Å². The van der Waals surface area contributed by atoms with Crippen LogP contribution in [-0.2, 0) is 14.8 Å². The third-order valence-corrected chi connectivity index (χ3v) is 4.69. The smallest absolute Gasteiger partial charge is 0.338 e. The molecule has 0 spiro atoms. The van der Waals surface area contributed by atoms with Gasteiger partial charge in [0.1, 0.15) is 0 Å². The largest absolute Gasteiger partial charge is 0.462 e. The van der Waals surface area contributed by atoms with Gasteiger partial charge in [-0.1, -0.05) is 22.9 Å². The molecule has 132 valence electrons. The first kappa shape index (κ1) is 22.3. The second-order valence-corrected chi connectivity index (χ2v) is 7.39. The van der Waals surface area contributed by atoms with Gasteiger partial charge in [0.25, 0.3) is 0 Å². The summed E-state index contributed by atoms with van der Waals surface area (Å²) in [5, 5.41) is 3.12. The maximum Gasteiger partial charge on any atom is 0.338 e. The number of carbonyl (C=O) groups excluding carboxylic acids is 1. The van der Waals surface area contributed by atoms with Gasteiger partial charge in [0.15, 0.2) is 0 Å². The van der Waals surface area contributed by atoms with Gasteiger partial charge in [-0.3, -0.25) is 0 Å². The summed E-state index contributed by atoms with van der Waals surface area (Å²) < 4.78 is 32.5. The summed E-state index contributed by atoms with van der Waals surface area (Å²) in [6, 6.07) is 4.29. The molecule has 0 aliphatic rings. The van der Waals surface area contributed by atoms with Crippen molar-refractivity contribution in [1.29, 1.82) is 0 Å². The number of sulfonamides is 1. The number of esters is 1. The number of hydrogen-bond acceptors (Lipinski definition) is 5. The molecule has 2 N–H and O–H groups in total. The quantitative estimate of drug-likeness (QED) is 0.620. The van der Waals surface area contributed by atoms with Gasteiger partial charge in [-0.15, -0.1) is 12.4 Å². The van der Waals surface area contributed by atoms with Crippen LogP contribution in [0.15, 0.2) is 27.6 Å². The Hall–Kier alpha value is -0.670. The summed E-state index contributed by atoms with van der Waals surface area (Å²) in [5.74, 6) is -0.554. The van der Waals surface area contributed by atoms with E-state index in [4.69, 9.17) is 4.74 Å². The van der Waals surface area contributed by atoms with E-state index in [2.05, 4.69) is 26.0 Å². The molecular formula is C14H22BrClN2O4S. The van der Waals surface area contributed by atoms with Crippen LogP contribution in [-0.4, -0.2) is 40.1 Å². The van der Waals surface area contributed by atoms with Crippen LogP contribution >= 0.6 is 28.3 Å². The Morgan fingerprint density at radius 2 is 1.96 bits per heavy atom. The van der Waals surface area contributed by atoms with Crippen LogP contribution in [0, 0.1) is 0 Å². The fraction of sp³-hybridized carbons (Fsp3) is 0.500. The number of ether oxygens (including phenoxy) is 1. The molecule has 1 atom stereocenters. The molecule has 0 bridgehead atoms. The molecule has 0 saturated heterocycles. The van der Waals surface area contributed by atoms with Crippen molar-refractivity contribution in [2.24, 2.45) is 0 Å². The van der Waals surface area contributed by atoms with Gasteiger partial charge in [-0.2, -0.15) is 0 Å². The average Bonchev–Trinajstić information content (AvgIpc) is 2.45. The van der Waals surface area contributed by atoms with E-state index < -0.39 is 16.0 Å². The van der Waals surface area contributed by atoms with Crippen LogP contribution < -0.4 is 10.0 Å². The summed E-state index contributed by atoms with van der Waals surface area (Å²) in [5.41, 5.74) is 0.191. The van der Waals surface area contributed by atoms with E-state index in [1.165, 1.54) is 18.2 Å². The van der Waals surface area contributed by atoms with Gasteiger partial charge in [0, 0.05) is 17.1 Å². The van der Waals surface area contributed by atoms with Gasteiger partial charge < -0.3 is 10.1 Å². The lowest BCUT2D eigenvalue weighted by Gasteiger charge is -2.14. The number of carbonyl (C=O) groups is 1. The highest BCUT2D eigenvalue weighted by Gasteiger charge is 2.18. The molecule has 0 heterocycles. The standard InChI is InChI=1S/C14H21BrN2O4S.ClH/c1-4-16-10(3)9-17-22(19,20)13-7-11(6-12(15)8-13)14(18)21-5-2;/h6-8,10,16-17H,4-5,9H2,1-3H3;1H/t10-;/m1./s1. The fourth-order valence-electron chi connectivity index (χ4n) is 1.79. The number of hydrogen-bond donors (Lipinski definition) is 2. The van der Waals surface area contributed by atoms with Gasteiger partial charge in [0.2, 0.25) is 10.0 Å². The number of likely N-dealkylation sites (N-methyl/N-ethyl adjacent to an activating group) is 1. The highest BCUT2D eigenvalue weighted by atomic mass is 79.9. The Morgan fingerprint density at radius 1 is 1.30 bits per heavy atom. The number of halogens is 2. The SMILES string of the molecule is CCN[C@H](C)CNS(=O)(=O)c1cc(Br)cc(C(=O)OCC)c1.Cl. The molecule has 0 fully saturated rings. The molecule has 0 aliphatic heterocycles. The zero-order valence-electron chi connectivity index (χ0n) is 13.3. The Labute approximate surface area is 152 Å². The van der Waals surface area contributed by atoms with Crippen LogP contribution in [0.3, 0.4) is 0 Å². The Morgan fingerprint density at radius 3 is 2.52 bits per heavy atom. The Kier molecular flexibility index (Phi) is 9.95. The molecular weight excluding hydrogens is 408 g/mol. The normalized spacial score (nSPS) is 12.3. The molecule has 9 heteroatoms. The Bertz CT molecular complexity index is 625. The van der Waals surface area contributed by atoms with Crippen LogP contribution in [0.5, 0.6) is 0 Å². The van der Waals surface area contributed by atoms with Crippen molar-refractivity contribution in [1.82, 2.24) is 10.0 Å². The van der Waals surface area contributed by atoms with Crippen LogP contribution in [0.2, 0.25) is 0 Å². The van der Waals surface area contributed by atoms with Gasteiger partial charge >= 0.3 is 5.97 Å². The van der Waals surface area contributed by atoms with E-state index in [0.717, 1.165) is 6.54 Å². The predicted molar refractivity (Wildman–Crippen MR) is 95.7 cm³/mol. The molecule has 1 rings (SSSR count). The van der Waals surface area contributed by atoms with Crippen molar-refractivity contribution < 1.29 is 17.9 Å². The number of benzene rings is 1. The van der Waals surface area contributed by atoms with E-state index in [9.17, 15) is 13.2 Å². The minimum absolute atomic E-state index is 0. The monoisotopic (exact) mass is 428 g/mol. The zero-order valence-corrected chi connectivity index (χ0v) is 16.5. The van der Waals surface area contributed by atoms with Crippen molar-refractivity contribution in [2.45, 2.75) is 31.7 Å². The van der Waals surface area contributed by atoms with Crippen molar-refractivity contribution >= 4 is 44.3 Å². The third kappa shape index (κ3) is 7.17. The highest BCUT2D eigenvalue weighted by molar-refractivity contribution is 9.10. The molecule has 0 unspecified atom stereocenters. The summed E-state index contributed by atoms with van der Waals surface area (Å²) in [4.78, 5) is 11.8. The lowest BCUT2D eigenvalue weighted by Crippen LogP contribution is -2.38. The summed E-state index contributed by atoms with van der Waals surface area (Å²) in [6.07, 6.45) is 0. The van der Waals surface area contributed by atoms with Crippen molar-refractivity contribution in [3.8, 4) is 0 Å². The van der Waals surface area contributed by atoms with Gasteiger partial charge in [0.05, 0.1) is 17.1 Å². The molecule has 0 radical (unpaired) electrons. The van der Waals surface area contributed by atoms with E-state index in [0.29, 0.717) is 4.47 Å². The van der Waals surface area contributed by atoms with Crippen LogP contribution in [0.4, 0.5) is 0 Å². The molecule has 6 nitrogen and oxygen atoms in total. The highest BCUT2D eigenvalue weighted by Crippen LogP contribution is 2.20. The molecule has 1 aromatic carbocycles. The van der Waals surface area contributed by atoms with Gasteiger partial charge in [-0.05, 0) is 38.6 Å². The Balaban J connectivity index is 0.00000484. The second-order valence-electron chi connectivity index (χ2n) is 4.71. The van der Waals surface area contributed by atoms with Crippen LogP contribution in [0.25, 0.3) is 0 Å². The van der Waals surface area contributed by atoms with Crippen molar-refractivity contribution in [3.05, 3.63) is 28.2 Å². The summed E-state index contributed by atoms with van der Waals surface area (Å²) in [7, 11) is -3.69. The minimum atomic E-state index is -3.69. The van der Waals surface area contributed by atoms with E-state index in [1.54, 1.807) is 6.92 Å². The maximum absolute atomic E-state index is 12.3. The average molecular weight is 430 g/mol. The lowest BCUT2D eigenvalue weighted by atomic mass is 10.2. The summed E-state index contributed by atoms with van der Waals surface area (Å²) >= 11 is 3.22. The number of rotatable bonds is 8. The first-order valence-electron chi connectivity index (χ1n) is 7.01. The zero-order chi connectivity index (χ0) is 16.8. The molecule has 0 aliphatic carbocycles. The van der Waals surface area contributed by atoms with E-state index >= 15 is 0 Å². The predicted octanol–water partition coefficient (Wildman–Crippen LogP) is 2.32. The molecule has 0 saturated carbocycles. The minimum Gasteiger partial charge on any atom is -0.462 e. The number of nitrogens with one attached hydrogen (secondary N) is 2. The third-order valence-electron chi connectivity index (χ3n) is 2.82. The topological polar surface area (TPSA) is 84.5 Å². The lowest BCUT2D eigenvalue weighted by molar-refractivity contribution is 0.0526.